The monoisotopic (exact) mass is 272 g/mol. The van der Waals surface area contributed by atoms with E-state index in [1.807, 2.05) is 18.2 Å². The molecule has 2 aromatic rings. The first-order chi connectivity index (χ1) is 8.94. The summed E-state index contributed by atoms with van der Waals surface area (Å²) in [4.78, 5) is 18.2. The minimum absolute atomic E-state index is 0.0262. The van der Waals surface area contributed by atoms with Crippen LogP contribution in [0.3, 0.4) is 0 Å². The number of nitrogens with zero attached hydrogens (tertiary/aromatic N) is 1. The van der Waals surface area contributed by atoms with E-state index in [4.69, 9.17) is 0 Å². The number of hydrogen-bond acceptors (Lipinski definition) is 2. The van der Waals surface area contributed by atoms with Crippen LogP contribution < -0.4 is 10.6 Å². The van der Waals surface area contributed by atoms with Crippen LogP contribution in [0.25, 0.3) is 11.0 Å². The molecular formula is C11H11F3N4O. The third-order valence-electron chi connectivity index (χ3n) is 2.30. The predicted molar refractivity (Wildman–Crippen MR) is 62.4 cm³/mol. The van der Waals surface area contributed by atoms with Crippen molar-refractivity contribution in [2.75, 3.05) is 6.54 Å². The van der Waals surface area contributed by atoms with Gasteiger partial charge in [0.1, 0.15) is 12.4 Å². The smallest absolute Gasteiger partial charge is 0.340 e. The zero-order valence-electron chi connectivity index (χ0n) is 9.71. The van der Waals surface area contributed by atoms with E-state index in [1.165, 1.54) is 0 Å². The molecule has 1 heterocycles. The number of carbonyl (C=O) groups excluding carboxylic acids is 1. The zero-order valence-corrected chi connectivity index (χ0v) is 9.71. The summed E-state index contributed by atoms with van der Waals surface area (Å²) >= 11 is 0. The normalized spacial score (nSPS) is 11.5. The fraction of sp³-hybridized carbons (Fsp3) is 0.273. The first-order valence-corrected chi connectivity index (χ1v) is 5.46. The van der Waals surface area contributed by atoms with Gasteiger partial charge >= 0.3 is 12.2 Å². The number of para-hydroxylation sites is 2. The van der Waals surface area contributed by atoms with Gasteiger partial charge in [0.15, 0.2) is 0 Å². The summed E-state index contributed by atoms with van der Waals surface area (Å²) in [6.45, 7) is -1.34. The van der Waals surface area contributed by atoms with E-state index in [-0.39, 0.29) is 6.54 Å². The van der Waals surface area contributed by atoms with Crippen molar-refractivity contribution in [3.05, 3.63) is 30.1 Å². The third kappa shape index (κ3) is 3.87. The molecule has 5 nitrogen and oxygen atoms in total. The summed E-state index contributed by atoms with van der Waals surface area (Å²) in [6, 6.07) is 6.36. The van der Waals surface area contributed by atoms with Gasteiger partial charge in [-0.25, -0.2) is 9.78 Å². The van der Waals surface area contributed by atoms with Crippen LogP contribution in [0, 0.1) is 0 Å². The van der Waals surface area contributed by atoms with E-state index in [1.54, 1.807) is 11.4 Å². The number of alkyl halides is 3. The number of H-pyrrole nitrogens is 1. The third-order valence-corrected chi connectivity index (χ3v) is 2.30. The molecule has 8 heteroatoms. The van der Waals surface area contributed by atoms with Crippen molar-refractivity contribution in [2.24, 2.45) is 0 Å². The molecule has 0 fully saturated rings. The van der Waals surface area contributed by atoms with E-state index in [0.29, 0.717) is 5.82 Å². The van der Waals surface area contributed by atoms with Gasteiger partial charge in [-0.1, -0.05) is 12.1 Å². The fourth-order valence-corrected chi connectivity index (χ4v) is 1.50. The maximum absolute atomic E-state index is 11.9. The van der Waals surface area contributed by atoms with Crippen LogP contribution in [0.5, 0.6) is 0 Å². The van der Waals surface area contributed by atoms with Crippen LogP contribution in [-0.4, -0.2) is 28.7 Å². The highest BCUT2D eigenvalue weighted by atomic mass is 19.4. The Morgan fingerprint density at radius 2 is 2.00 bits per heavy atom. The number of urea groups is 1. The minimum atomic E-state index is -4.42. The maximum atomic E-state index is 11.9. The molecule has 0 saturated heterocycles. The lowest BCUT2D eigenvalue weighted by Gasteiger charge is -2.08. The van der Waals surface area contributed by atoms with Gasteiger partial charge in [0.05, 0.1) is 17.6 Å². The highest BCUT2D eigenvalue weighted by molar-refractivity contribution is 5.75. The Labute approximate surface area is 106 Å². The number of carbonyl (C=O) groups is 1. The molecule has 1 aromatic heterocycles. The predicted octanol–water partition coefficient (Wildman–Crippen LogP) is 1.92. The maximum Gasteiger partial charge on any atom is 0.405 e. The van der Waals surface area contributed by atoms with Crippen molar-refractivity contribution in [3.63, 3.8) is 0 Å². The van der Waals surface area contributed by atoms with Crippen LogP contribution in [0.2, 0.25) is 0 Å². The van der Waals surface area contributed by atoms with Gasteiger partial charge in [-0.3, -0.25) is 0 Å². The van der Waals surface area contributed by atoms with Crippen molar-refractivity contribution in [1.29, 1.82) is 0 Å². The Morgan fingerprint density at radius 1 is 1.26 bits per heavy atom. The molecule has 0 radical (unpaired) electrons. The van der Waals surface area contributed by atoms with Gasteiger partial charge in [-0.15, -0.1) is 0 Å². The first kappa shape index (κ1) is 13.2. The van der Waals surface area contributed by atoms with E-state index in [2.05, 4.69) is 15.3 Å². The number of hydrogen-bond donors (Lipinski definition) is 3. The lowest BCUT2D eigenvalue weighted by Crippen LogP contribution is -2.40. The van der Waals surface area contributed by atoms with Crippen molar-refractivity contribution in [2.45, 2.75) is 12.7 Å². The standard InChI is InChI=1S/C11H11F3N4O/c12-11(13,14)6-16-10(19)15-5-9-17-7-3-1-2-4-8(7)18-9/h1-4H,5-6H2,(H,17,18)(H2,15,16,19). The second kappa shape index (κ2) is 5.17. The van der Waals surface area contributed by atoms with E-state index in [0.717, 1.165) is 11.0 Å². The van der Waals surface area contributed by atoms with Gasteiger partial charge in [-0.05, 0) is 12.1 Å². The molecule has 0 spiro atoms. The number of halogens is 3. The van der Waals surface area contributed by atoms with Gasteiger partial charge < -0.3 is 15.6 Å². The molecule has 0 aliphatic heterocycles. The van der Waals surface area contributed by atoms with Crippen molar-refractivity contribution in [3.8, 4) is 0 Å². The molecule has 2 amide bonds. The largest absolute Gasteiger partial charge is 0.405 e. The molecule has 0 bridgehead atoms. The number of aromatic nitrogens is 2. The summed E-state index contributed by atoms with van der Waals surface area (Å²) < 4.78 is 35.6. The summed E-state index contributed by atoms with van der Waals surface area (Å²) in [7, 11) is 0. The number of fused-ring (bicyclic) bond motifs is 1. The van der Waals surface area contributed by atoms with Gasteiger partial charge in [-0.2, -0.15) is 13.2 Å². The Kier molecular flexibility index (Phi) is 3.59. The summed E-state index contributed by atoms with van der Waals surface area (Å²) in [6.07, 6.45) is -4.42. The summed E-state index contributed by atoms with van der Waals surface area (Å²) in [5, 5.41) is 4.00. The second-order valence-electron chi connectivity index (χ2n) is 3.85. The highest BCUT2D eigenvalue weighted by Crippen LogP contribution is 2.12. The minimum Gasteiger partial charge on any atom is -0.340 e. The van der Waals surface area contributed by atoms with Crippen LogP contribution in [-0.2, 0) is 6.54 Å². The zero-order chi connectivity index (χ0) is 13.9. The van der Waals surface area contributed by atoms with Gasteiger partial charge in [0.25, 0.3) is 0 Å². The molecular weight excluding hydrogens is 261 g/mol. The van der Waals surface area contributed by atoms with Crippen LogP contribution in [0.4, 0.5) is 18.0 Å². The molecule has 102 valence electrons. The second-order valence-corrected chi connectivity index (χ2v) is 3.85. The average molecular weight is 272 g/mol. The number of rotatable bonds is 3. The van der Waals surface area contributed by atoms with Crippen molar-refractivity contribution in [1.82, 2.24) is 20.6 Å². The van der Waals surface area contributed by atoms with Gasteiger partial charge in [0, 0.05) is 0 Å². The van der Waals surface area contributed by atoms with Crippen molar-refractivity contribution < 1.29 is 18.0 Å². The fourth-order valence-electron chi connectivity index (χ4n) is 1.50. The van der Waals surface area contributed by atoms with Gasteiger partial charge in [0.2, 0.25) is 0 Å². The Balaban J connectivity index is 1.86. The molecule has 0 aliphatic carbocycles. The molecule has 0 atom stereocenters. The van der Waals surface area contributed by atoms with E-state index >= 15 is 0 Å². The Bertz CT molecular complexity index is 546. The lowest BCUT2D eigenvalue weighted by molar-refractivity contribution is -0.122. The van der Waals surface area contributed by atoms with E-state index < -0.39 is 18.8 Å². The average Bonchev–Trinajstić information content (AvgIpc) is 2.75. The SMILES string of the molecule is O=C(NCc1nc2ccccc2[nH]1)NCC(F)(F)F. The molecule has 3 N–H and O–H groups in total. The quantitative estimate of drug-likeness (QED) is 0.799. The molecule has 2 rings (SSSR count). The molecule has 0 aliphatic rings. The lowest BCUT2D eigenvalue weighted by atomic mass is 10.3. The van der Waals surface area contributed by atoms with Crippen molar-refractivity contribution >= 4 is 17.1 Å². The number of nitrogens with one attached hydrogen (secondary N) is 3. The van der Waals surface area contributed by atoms with Crippen LogP contribution in [0.15, 0.2) is 24.3 Å². The molecule has 1 aromatic carbocycles. The highest BCUT2D eigenvalue weighted by Gasteiger charge is 2.27. The molecule has 0 unspecified atom stereocenters. The molecule has 0 saturated carbocycles. The number of benzene rings is 1. The Morgan fingerprint density at radius 3 is 2.68 bits per heavy atom. The number of amides is 2. The molecule has 19 heavy (non-hydrogen) atoms. The van der Waals surface area contributed by atoms with Crippen LogP contribution in [0.1, 0.15) is 5.82 Å². The Hall–Kier alpha value is -2.25. The number of aromatic amines is 1. The summed E-state index contributed by atoms with van der Waals surface area (Å²) in [5.41, 5.74) is 1.53. The number of imidazole rings is 1. The van der Waals surface area contributed by atoms with Crippen LogP contribution >= 0.6 is 0 Å². The summed E-state index contributed by atoms with van der Waals surface area (Å²) in [5.74, 6) is 0.475. The first-order valence-electron chi connectivity index (χ1n) is 5.46. The van der Waals surface area contributed by atoms with E-state index in [9.17, 15) is 18.0 Å². The topological polar surface area (TPSA) is 69.8 Å².